The molecule has 1 aromatic carbocycles. The Labute approximate surface area is 126 Å². The minimum Gasteiger partial charge on any atom is -0.398 e. The molecule has 114 valence electrons. The van der Waals surface area contributed by atoms with Crippen LogP contribution in [0.15, 0.2) is 16.9 Å². The first-order valence-corrected chi connectivity index (χ1v) is 7.01. The van der Waals surface area contributed by atoms with Crippen LogP contribution >= 0.6 is 0 Å². The molecule has 1 aliphatic rings. The topological polar surface area (TPSA) is 107 Å². The van der Waals surface area contributed by atoms with Gasteiger partial charge in [0.1, 0.15) is 11.9 Å². The van der Waals surface area contributed by atoms with Crippen LogP contribution in [0.1, 0.15) is 30.3 Å². The molecule has 3 rings (SSSR count). The Balaban J connectivity index is 2.25. The summed E-state index contributed by atoms with van der Waals surface area (Å²) in [7, 11) is 0. The van der Waals surface area contributed by atoms with Gasteiger partial charge in [0, 0.05) is 12.1 Å². The Bertz CT molecular complexity index is 869. The molecule has 0 aliphatic carbocycles. The van der Waals surface area contributed by atoms with Crippen molar-refractivity contribution in [1.29, 1.82) is 0 Å². The van der Waals surface area contributed by atoms with Crippen molar-refractivity contribution >= 4 is 28.4 Å². The number of aryl methyl sites for hydroxylation is 2. The second-order valence-electron chi connectivity index (χ2n) is 5.55. The summed E-state index contributed by atoms with van der Waals surface area (Å²) in [6.07, 6.45) is 0.480. The maximum atomic E-state index is 12.8. The molecule has 22 heavy (non-hydrogen) atoms. The number of nitrogens with two attached hydrogens (primary N) is 1. The SMILES string of the molecule is Cc1cc(N)c2c(=O)n([C@H]3CCC(=O)NC3=O)c(C)nc2c1. The second kappa shape index (κ2) is 4.94. The van der Waals surface area contributed by atoms with Crippen molar-refractivity contribution in [3.05, 3.63) is 33.9 Å². The number of carbonyl (C=O) groups is 2. The quantitative estimate of drug-likeness (QED) is 0.591. The summed E-state index contributed by atoms with van der Waals surface area (Å²) < 4.78 is 1.33. The lowest BCUT2D eigenvalue weighted by molar-refractivity contribution is -0.135. The van der Waals surface area contributed by atoms with Crippen LogP contribution in [0, 0.1) is 13.8 Å². The van der Waals surface area contributed by atoms with Crippen LogP contribution in [0.2, 0.25) is 0 Å². The zero-order valence-corrected chi connectivity index (χ0v) is 12.3. The number of piperidine rings is 1. The van der Waals surface area contributed by atoms with Gasteiger partial charge in [-0.1, -0.05) is 0 Å². The van der Waals surface area contributed by atoms with Crippen molar-refractivity contribution in [3.8, 4) is 0 Å². The molecule has 0 bridgehead atoms. The number of nitrogen functional groups attached to an aromatic ring is 1. The Morgan fingerprint density at radius 3 is 2.68 bits per heavy atom. The molecular weight excluding hydrogens is 284 g/mol. The predicted octanol–water partition coefficient (Wildman–Crippen LogP) is 0.573. The fourth-order valence-electron chi connectivity index (χ4n) is 2.91. The predicted molar refractivity (Wildman–Crippen MR) is 81.3 cm³/mol. The molecule has 2 heterocycles. The lowest BCUT2D eigenvalue weighted by Gasteiger charge is -2.24. The molecule has 0 spiro atoms. The van der Waals surface area contributed by atoms with Crippen LogP contribution in [0.5, 0.6) is 0 Å². The summed E-state index contributed by atoms with van der Waals surface area (Å²) in [5.41, 5.74) is 7.37. The molecule has 0 radical (unpaired) electrons. The summed E-state index contributed by atoms with van der Waals surface area (Å²) in [4.78, 5) is 40.5. The highest BCUT2D eigenvalue weighted by atomic mass is 16.2. The first-order valence-electron chi connectivity index (χ1n) is 7.01. The van der Waals surface area contributed by atoms with Gasteiger partial charge in [0.2, 0.25) is 11.8 Å². The molecule has 1 fully saturated rings. The van der Waals surface area contributed by atoms with Gasteiger partial charge in [0.05, 0.1) is 10.9 Å². The summed E-state index contributed by atoms with van der Waals surface area (Å²) >= 11 is 0. The molecule has 1 aromatic heterocycles. The van der Waals surface area contributed by atoms with Crippen LogP contribution in [-0.2, 0) is 9.59 Å². The van der Waals surface area contributed by atoms with Crippen LogP contribution < -0.4 is 16.6 Å². The average Bonchev–Trinajstić information content (AvgIpc) is 2.39. The lowest BCUT2D eigenvalue weighted by Crippen LogP contribution is -2.45. The van der Waals surface area contributed by atoms with E-state index in [-0.39, 0.29) is 24.3 Å². The summed E-state index contributed by atoms with van der Waals surface area (Å²) in [6.45, 7) is 3.54. The minimum atomic E-state index is -0.734. The highest BCUT2D eigenvalue weighted by Gasteiger charge is 2.30. The van der Waals surface area contributed by atoms with Crippen LogP contribution in [-0.4, -0.2) is 21.4 Å². The number of hydrogen-bond acceptors (Lipinski definition) is 5. The molecule has 2 aromatic rings. The Morgan fingerprint density at radius 2 is 2.00 bits per heavy atom. The van der Waals surface area contributed by atoms with Crippen molar-refractivity contribution < 1.29 is 9.59 Å². The largest absolute Gasteiger partial charge is 0.398 e. The summed E-state index contributed by atoms with van der Waals surface area (Å²) in [6, 6.07) is 2.76. The molecule has 7 nitrogen and oxygen atoms in total. The normalized spacial score (nSPS) is 18.5. The summed E-state index contributed by atoms with van der Waals surface area (Å²) in [5, 5.41) is 2.56. The van der Waals surface area contributed by atoms with Gasteiger partial charge in [-0.25, -0.2) is 4.98 Å². The molecule has 1 atom stereocenters. The lowest BCUT2D eigenvalue weighted by atomic mass is 10.0. The molecule has 2 amide bonds. The Hall–Kier alpha value is -2.70. The molecule has 1 saturated heterocycles. The van der Waals surface area contributed by atoms with Gasteiger partial charge in [0.25, 0.3) is 5.56 Å². The number of nitrogens with zero attached hydrogens (tertiary/aromatic N) is 2. The van der Waals surface area contributed by atoms with E-state index < -0.39 is 11.9 Å². The highest BCUT2D eigenvalue weighted by Crippen LogP contribution is 2.22. The number of imide groups is 1. The van der Waals surface area contributed by atoms with Gasteiger partial charge in [0.15, 0.2) is 0 Å². The molecule has 1 aliphatic heterocycles. The van der Waals surface area contributed by atoms with E-state index in [4.69, 9.17) is 5.73 Å². The number of rotatable bonds is 1. The maximum absolute atomic E-state index is 12.8. The molecule has 3 N–H and O–H groups in total. The standard InChI is InChI=1S/C15H16N4O3/c1-7-5-9(16)13-10(6-7)17-8(2)19(15(13)22)11-3-4-12(20)18-14(11)21/h5-6,11H,3-4,16H2,1-2H3,(H,18,20,21)/t11-/m0/s1. The van der Waals surface area contributed by atoms with Gasteiger partial charge in [-0.15, -0.1) is 0 Å². The molecule has 0 unspecified atom stereocenters. The molecular formula is C15H16N4O3. The number of amides is 2. The fourth-order valence-corrected chi connectivity index (χ4v) is 2.91. The van der Waals surface area contributed by atoms with Crippen molar-refractivity contribution in [3.63, 3.8) is 0 Å². The number of hydrogen-bond donors (Lipinski definition) is 2. The van der Waals surface area contributed by atoms with Crippen molar-refractivity contribution in [2.45, 2.75) is 32.7 Å². The maximum Gasteiger partial charge on any atom is 0.264 e. The van der Waals surface area contributed by atoms with Gasteiger partial charge >= 0.3 is 0 Å². The Kier molecular flexibility index (Phi) is 3.20. The fraction of sp³-hybridized carbons (Fsp3) is 0.333. The van der Waals surface area contributed by atoms with E-state index in [2.05, 4.69) is 10.3 Å². The molecule has 0 saturated carbocycles. The van der Waals surface area contributed by atoms with Crippen LogP contribution in [0.4, 0.5) is 5.69 Å². The first kappa shape index (κ1) is 14.2. The van der Waals surface area contributed by atoms with Gasteiger partial charge in [-0.3, -0.25) is 24.3 Å². The number of carbonyl (C=O) groups excluding carboxylic acids is 2. The second-order valence-corrected chi connectivity index (χ2v) is 5.55. The monoisotopic (exact) mass is 300 g/mol. The summed E-state index contributed by atoms with van der Waals surface area (Å²) in [5.74, 6) is -0.374. The zero-order valence-electron chi connectivity index (χ0n) is 12.3. The Morgan fingerprint density at radius 1 is 1.27 bits per heavy atom. The van der Waals surface area contributed by atoms with Crippen LogP contribution in [0.25, 0.3) is 10.9 Å². The third-order valence-corrected chi connectivity index (χ3v) is 3.88. The third kappa shape index (κ3) is 2.14. The van der Waals surface area contributed by atoms with Gasteiger partial charge in [-0.05, 0) is 38.0 Å². The van der Waals surface area contributed by atoms with Gasteiger partial charge < -0.3 is 5.73 Å². The van der Waals surface area contributed by atoms with E-state index >= 15 is 0 Å². The highest BCUT2D eigenvalue weighted by molar-refractivity contribution is 5.99. The van der Waals surface area contributed by atoms with E-state index in [0.29, 0.717) is 22.4 Å². The zero-order chi connectivity index (χ0) is 16.0. The molecule has 7 heteroatoms. The number of nitrogens with one attached hydrogen (secondary N) is 1. The smallest absolute Gasteiger partial charge is 0.264 e. The number of benzene rings is 1. The third-order valence-electron chi connectivity index (χ3n) is 3.88. The van der Waals surface area contributed by atoms with Crippen molar-refractivity contribution in [2.24, 2.45) is 0 Å². The van der Waals surface area contributed by atoms with E-state index in [0.717, 1.165) is 5.56 Å². The van der Waals surface area contributed by atoms with Crippen LogP contribution in [0.3, 0.4) is 0 Å². The first-order chi connectivity index (χ1) is 10.4. The minimum absolute atomic E-state index is 0.198. The number of anilines is 1. The van der Waals surface area contributed by atoms with Crippen molar-refractivity contribution in [2.75, 3.05) is 5.73 Å². The van der Waals surface area contributed by atoms with E-state index in [9.17, 15) is 14.4 Å². The van der Waals surface area contributed by atoms with E-state index in [1.807, 2.05) is 6.92 Å². The van der Waals surface area contributed by atoms with E-state index in [1.54, 1.807) is 19.1 Å². The van der Waals surface area contributed by atoms with Crippen molar-refractivity contribution in [1.82, 2.24) is 14.9 Å². The number of fused-ring (bicyclic) bond motifs is 1. The average molecular weight is 300 g/mol. The number of aromatic nitrogens is 2. The van der Waals surface area contributed by atoms with Gasteiger partial charge in [-0.2, -0.15) is 0 Å². The van der Waals surface area contributed by atoms with E-state index in [1.165, 1.54) is 4.57 Å².